The molecule has 78 valence electrons. The summed E-state index contributed by atoms with van der Waals surface area (Å²) >= 11 is 11.9. The average Bonchev–Trinajstić information content (AvgIpc) is 2.12. The third kappa shape index (κ3) is 3.39. The molecule has 0 amide bonds. The van der Waals surface area contributed by atoms with E-state index < -0.39 is 0 Å². The van der Waals surface area contributed by atoms with Gasteiger partial charge in [-0.15, -0.1) is 11.6 Å². The molecule has 1 rings (SSSR count). The molecule has 0 aromatic heterocycles. The number of hydrogen-bond donors (Lipinski definition) is 1. The van der Waals surface area contributed by atoms with E-state index in [9.17, 15) is 5.11 Å². The van der Waals surface area contributed by atoms with Crippen molar-refractivity contribution in [2.75, 3.05) is 0 Å². The maximum Gasteiger partial charge on any atom is 0.118 e. The SMILES string of the molecule is CCCC(Cl)Cc1cc(Cl)ccc1O. The van der Waals surface area contributed by atoms with E-state index in [4.69, 9.17) is 23.2 Å². The van der Waals surface area contributed by atoms with Crippen LogP contribution in [0.5, 0.6) is 5.75 Å². The van der Waals surface area contributed by atoms with Crippen molar-refractivity contribution in [2.45, 2.75) is 31.6 Å². The Bertz CT molecular complexity index is 299. The fraction of sp³-hybridized carbons (Fsp3) is 0.455. The topological polar surface area (TPSA) is 20.2 Å². The third-order valence-electron chi connectivity index (χ3n) is 2.08. The fourth-order valence-corrected chi connectivity index (χ4v) is 1.95. The first-order chi connectivity index (χ1) is 6.63. The van der Waals surface area contributed by atoms with E-state index in [1.165, 1.54) is 0 Å². The van der Waals surface area contributed by atoms with Gasteiger partial charge in [0.2, 0.25) is 0 Å². The van der Waals surface area contributed by atoms with E-state index in [0.717, 1.165) is 18.4 Å². The Balaban J connectivity index is 2.70. The van der Waals surface area contributed by atoms with Gasteiger partial charge < -0.3 is 5.11 Å². The lowest BCUT2D eigenvalue weighted by Gasteiger charge is -2.09. The lowest BCUT2D eigenvalue weighted by molar-refractivity contribution is 0.467. The molecule has 14 heavy (non-hydrogen) atoms. The van der Waals surface area contributed by atoms with Crippen LogP contribution in [0.15, 0.2) is 18.2 Å². The van der Waals surface area contributed by atoms with Gasteiger partial charge >= 0.3 is 0 Å². The summed E-state index contributed by atoms with van der Waals surface area (Å²) in [6.45, 7) is 2.09. The van der Waals surface area contributed by atoms with E-state index in [2.05, 4.69) is 6.92 Å². The molecular formula is C11H14Cl2O. The maximum absolute atomic E-state index is 9.53. The minimum atomic E-state index is 0.0735. The molecule has 1 nitrogen and oxygen atoms in total. The van der Waals surface area contributed by atoms with Crippen molar-refractivity contribution in [2.24, 2.45) is 0 Å². The van der Waals surface area contributed by atoms with E-state index >= 15 is 0 Å². The zero-order valence-electron chi connectivity index (χ0n) is 8.13. The highest BCUT2D eigenvalue weighted by atomic mass is 35.5. The minimum absolute atomic E-state index is 0.0735. The van der Waals surface area contributed by atoms with Crippen LogP contribution in [0.3, 0.4) is 0 Å². The lowest BCUT2D eigenvalue weighted by Crippen LogP contribution is -2.02. The highest BCUT2D eigenvalue weighted by Gasteiger charge is 2.08. The molecule has 1 aromatic rings. The van der Waals surface area contributed by atoms with Gasteiger partial charge in [-0.3, -0.25) is 0 Å². The molecule has 1 unspecified atom stereocenters. The van der Waals surface area contributed by atoms with Gasteiger partial charge in [-0.1, -0.05) is 24.9 Å². The molecule has 0 bridgehead atoms. The lowest BCUT2D eigenvalue weighted by atomic mass is 10.1. The smallest absolute Gasteiger partial charge is 0.118 e. The van der Waals surface area contributed by atoms with Crippen molar-refractivity contribution in [3.63, 3.8) is 0 Å². The third-order valence-corrected chi connectivity index (χ3v) is 2.69. The zero-order chi connectivity index (χ0) is 10.6. The Hall–Kier alpha value is -0.400. The monoisotopic (exact) mass is 232 g/mol. The predicted molar refractivity (Wildman–Crippen MR) is 61.4 cm³/mol. The number of benzene rings is 1. The average molecular weight is 233 g/mol. The summed E-state index contributed by atoms with van der Waals surface area (Å²) < 4.78 is 0. The molecule has 1 N–H and O–H groups in total. The molecule has 0 aliphatic carbocycles. The number of aromatic hydroxyl groups is 1. The summed E-state index contributed by atoms with van der Waals surface area (Å²) in [5, 5.41) is 10.2. The molecule has 0 heterocycles. The van der Waals surface area contributed by atoms with Crippen molar-refractivity contribution < 1.29 is 5.11 Å². The zero-order valence-corrected chi connectivity index (χ0v) is 9.65. The van der Waals surface area contributed by atoms with Crippen molar-refractivity contribution >= 4 is 23.2 Å². The predicted octanol–water partition coefficient (Wildman–Crippen LogP) is 4.00. The number of alkyl halides is 1. The first-order valence-electron chi connectivity index (χ1n) is 4.75. The Kier molecular flexibility index (Phi) is 4.56. The summed E-state index contributed by atoms with van der Waals surface area (Å²) in [5.74, 6) is 0.274. The van der Waals surface area contributed by atoms with Crippen LogP contribution < -0.4 is 0 Å². The van der Waals surface area contributed by atoms with Gasteiger partial charge in [-0.25, -0.2) is 0 Å². The van der Waals surface area contributed by atoms with Crippen LogP contribution in [0, 0.1) is 0 Å². The molecule has 0 fully saturated rings. The molecule has 0 radical (unpaired) electrons. The van der Waals surface area contributed by atoms with Gasteiger partial charge in [0.05, 0.1) is 0 Å². The summed E-state index contributed by atoms with van der Waals surface area (Å²) in [4.78, 5) is 0. The summed E-state index contributed by atoms with van der Waals surface area (Å²) in [7, 11) is 0. The first kappa shape index (κ1) is 11.7. The molecule has 3 heteroatoms. The van der Waals surface area contributed by atoms with Gasteiger partial charge in [0.15, 0.2) is 0 Å². The van der Waals surface area contributed by atoms with Crippen molar-refractivity contribution in [1.29, 1.82) is 0 Å². The molecule has 0 saturated heterocycles. The standard InChI is InChI=1S/C11H14Cl2O/c1-2-3-9(12)6-8-7-10(13)4-5-11(8)14/h4-5,7,9,14H,2-3,6H2,1H3. The Labute approximate surface area is 94.7 Å². The molecule has 1 atom stereocenters. The first-order valence-corrected chi connectivity index (χ1v) is 5.56. The van der Waals surface area contributed by atoms with Crippen molar-refractivity contribution in [3.8, 4) is 5.75 Å². The van der Waals surface area contributed by atoms with E-state index in [1.807, 2.05) is 0 Å². The summed E-state index contributed by atoms with van der Waals surface area (Å²) in [5.41, 5.74) is 0.825. The Morgan fingerprint density at radius 3 is 2.79 bits per heavy atom. The number of phenols is 1. The Morgan fingerprint density at radius 2 is 2.14 bits per heavy atom. The summed E-state index contributed by atoms with van der Waals surface area (Å²) in [6.07, 6.45) is 2.67. The summed E-state index contributed by atoms with van der Waals surface area (Å²) in [6, 6.07) is 5.04. The van der Waals surface area contributed by atoms with Gasteiger partial charge in [0, 0.05) is 10.4 Å². The molecule has 1 aromatic carbocycles. The molecule has 0 saturated carbocycles. The van der Waals surface area contributed by atoms with Crippen LogP contribution in [0.25, 0.3) is 0 Å². The van der Waals surface area contributed by atoms with Gasteiger partial charge in [0.1, 0.15) is 5.75 Å². The van der Waals surface area contributed by atoms with Crippen LogP contribution in [0.2, 0.25) is 5.02 Å². The quantitative estimate of drug-likeness (QED) is 0.779. The molecule has 0 spiro atoms. The van der Waals surface area contributed by atoms with Gasteiger partial charge in [0.25, 0.3) is 0 Å². The maximum atomic E-state index is 9.53. The number of phenolic OH excluding ortho intramolecular Hbond substituents is 1. The van der Waals surface area contributed by atoms with E-state index in [1.54, 1.807) is 18.2 Å². The molecule has 0 aliphatic rings. The van der Waals surface area contributed by atoms with E-state index in [0.29, 0.717) is 11.4 Å². The fourth-order valence-electron chi connectivity index (χ4n) is 1.37. The Morgan fingerprint density at radius 1 is 1.43 bits per heavy atom. The van der Waals surface area contributed by atoms with E-state index in [-0.39, 0.29) is 11.1 Å². The van der Waals surface area contributed by atoms with Crippen LogP contribution in [0.1, 0.15) is 25.3 Å². The van der Waals surface area contributed by atoms with Crippen molar-refractivity contribution in [1.82, 2.24) is 0 Å². The molecular weight excluding hydrogens is 219 g/mol. The molecule has 0 aliphatic heterocycles. The second-order valence-corrected chi connectivity index (χ2v) is 4.42. The van der Waals surface area contributed by atoms with Crippen LogP contribution in [-0.2, 0) is 6.42 Å². The van der Waals surface area contributed by atoms with Gasteiger partial charge in [-0.2, -0.15) is 0 Å². The normalized spacial score (nSPS) is 12.8. The van der Waals surface area contributed by atoms with Crippen LogP contribution in [-0.4, -0.2) is 10.5 Å². The second kappa shape index (κ2) is 5.47. The second-order valence-electron chi connectivity index (χ2n) is 3.36. The van der Waals surface area contributed by atoms with Gasteiger partial charge in [-0.05, 0) is 36.6 Å². The largest absolute Gasteiger partial charge is 0.508 e. The van der Waals surface area contributed by atoms with Crippen molar-refractivity contribution in [3.05, 3.63) is 28.8 Å². The number of rotatable bonds is 4. The van der Waals surface area contributed by atoms with Crippen LogP contribution >= 0.6 is 23.2 Å². The van der Waals surface area contributed by atoms with Crippen LogP contribution in [0.4, 0.5) is 0 Å². The highest BCUT2D eigenvalue weighted by molar-refractivity contribution is 6.30. The number of hydrogen-bond acceptors (Lipinski definition) is 1. The number of halogens is 2. The minimum Gasteiger partial charge on any atom is -0.508 e. The highest BCUT2D eigenvalue weighted by Crippen LogP contribution is 2.24.